The Morgan fingerprint density at radius 1 is 1.42 bits per heavy atom. The Morgan fingerprint density at radius 2 is 2.11 bits per heavy atom. The van der Waals surface area contributed by atoms with E-state index in [1.165, 1.54) is 0 Å². The van der Waals surface area contributed by atoms with Crippen LogP contribution >= 0.6 is 0 Å². The van der Waals surface area contributed by atoms with Gasteiger partial charge in [-0.15, -0.1) is 0 Å². The second kappa shape index (κ2) is 6.99. The molecule has 0 aromatic heterocycles. The summed E-state index contributed by atoms with van der Waals surface area (Å²) in [6.07, 6.45) is 0. The van der Waals surface area contributed by atoms with E-state index in [1.807, 2.05) is 20.8 Å². The van der Waals surface area contributed by atoms with Crippen LogP contribution in [0.25, 0.3) is 0 Å². The number of carbonyl (C=O) groups excluding carboxylic acids is 1. The minimum Gasteiger partial charge on any atom is -0.397 e. The Bertz CT molecular complexity index is 435. The third kappa shape index (κ3) is 4.13. The molecular weight excluding hydrogens is 242 g/mol. The first-order valence-electron chi connectivity index (χ1n) is 6.54. The number of aliphatic hydroxyl groups is 1. The Kier molecular flexibility index (Phi) is 5.63. The number of nitrogen functional groups attached to an aromatic ring is 1. The van der Waals surface area contributed by atoms with Crippen LogP contribution in [-0.2, 0) is 0 Å². The van der Waals surface area contributed by atoms with Crippen molar-refractivity contribution in [3.63, 3.8) is 0 Å². The molecule has 0 aliphatic carbocycles. The monoisotopic (exact) mass is 265 g/mol. The number of anilines is 2. The van der Waals surface area contributed by atoms with Gasteiger partial charge in [0.05, 0.1) is 11.4 Å². The maximum atomic E-state index is 11.8. The van der Waals surface area contributed by atoms with Crippen molar-refractivity contribution in [1.82, 2.24) is 5.32 Å². The van der Waals surface area contributed by atoms with Gasteiger partial charge in [-0.2, -0.15) is 0 Å². The molecule has 0 saturated carbocycles. The van der Waals surface area contributed by atoms with Crippen molar-refractivity contribution in [2.45, 2.75) is 26.8 Å². The summed E-state index contributed by atoms with van der Waals surface area (Å²) >= 11 is 0. The van der Waals surface area contributed by atoms with Crippen LogP contribution in [0.3, 0.4) is 0 Å². The van der Waals surface area contributed by atoms with Gasteiger partial charge in [0.25, 0.3) is 5.91 Å². The summed E-state index contributed by atoms with van der Waals surface area (Å²) < 4.78 is 0. The highest BCUT2D eigenvalue weighted by Crippen LogP contribution is 2.22. The Balaban J connectivity index is 2.88. The van der Waals surface area contributed by atoms with Gasteiger partial charge < -0.3 is 21.5 Å². The fourth-order valence-corrected chi connectivity index (χ4v) is 1.63. The van der Waals surface area contributed by atoms with E-state index in [0.29, 0.717) is 17.8 Å². The van der Waals surface area contributed by atoms with Crippen molar-refractivity contribution in [2.75, 3.05) is 24.2 Å². The van der Waals surface area contributed by atoms with E-state index in [9.17, 15) is 4.79 Å². The number of benzene rings is 1. The molecule has 106 valence electrons. The predicted molar refractivity (Wildman–Crippen MR) is 78.2 cm³/mol. The molecule has 0 bridgehead atoms. The van der Waals surface area contributed by atoms with Gasteiger partial charge in [0.1, 0.15) is 0 Å². The summed E-state index contributed by atoms with van der Waals surface area (Å²) in [5.74, 6) is -0.0130. The van der Waals surface area contributed by atoms with Crippen molar-refractivity contribution in [3.05, 3.63) is 23.8 Å². The number of rotatable bonds is 6. The van der Waals surface area contributed by atoms with Crippen LogP contribution < -0.4 is 16.4 Å². The number of hydrogen-bond donors (Lipinski definition) is 4. The molecule has 5 heteroatoms. The molecule has 2 atom stereocenters. The smallest absolute Gasteiger partial charge is 0.251 e. The molecule has 1 aromatic rings. The quantitative estimate of drug-likeness (QED) is 0.586. The molecule has 0 radical (unpaired) electrons. The third-order valence-corrected chi connectivity index (χ3v) is 3.18. The summed E-state index contributed by atoms with van der Waals surface area (Å²) in [5, 5.41) is 15.1. The van der Waals surface area contributed by atoms with Crippen molar-refractivity contribution in [3.8, 4) is 0 Å². The average molecular weight is 265 g/mol. The van der Waals surface area contributed by atoms with Crippen LogP contribution in [0.2, 0.25) is 0 Å². The first-order valence-corrected chi connectivity index (χ1v) is 6.54. The van der Waals surface area contributed by atoms with Crippen LogP contribution in [0.4, 0.5) is 11.4 Å². The molecule has 19 heavy (non-hydrogen) atoms. The van der Waals surface area contributed by atoms with Crippen LogP contribution in [0, 0.1) is 5.92 Å². The molecule has 5 N–H and O–H groups in total. The van der Waals surface area contributed by atoms with Gasteiger partial charge in [-0.05, 0) is 38.0 Å². The summed E-state index contributed by atoms with van der Waals surface area (Å²) in [6, 6.07) is 5.22. The largest absolute Gasteiger partial charge is 0.397 e. The zero-order chi connectivity index (χ0) is 14.4. The molecule has 0 fully saturated rings. The molecule has 2 unspecified atom stereocenters. The van der Waals surface area contributed by atoms with Crippen molar-refractivity contribution in [1.29, 1.82) is 0 Å². The van der Waals surface area contributed by atoms with Gasteiger partial charge in [-0.3, -0.25) is 4.79 Å². The highest BCUT2D eigenvalue weighted by Gasteiger charge is 2.13. The SMILES string of the molecule is CCNC(=O)c1ccc(N)c(NC(C)C(C)CO)c1. The molecule has 0 heterocycles. The molecule has 0 aliphatic rings. The van der Waals surface area contributed by atoms with Crippen LogP contribution in [0.15, 0.2) is 18.2 Å². The van der Waals surface area contributed by atoms with E-state index in [-0.39, 0.29) is 24.5 Å². The molecule has 0 saturated heterocycles. The highest BCUT2D eigenvalue weighted by atomic mass is 16.3. The number of hydrogen-bond acceptors (Lipinski definition) is 4. The van der Waals surface area contributed by atoms with Crippen molar-refractivity contribution >= 4 is 17.3 Å². The molecule has 5 nitrogen and oxygen atoms in total. The summed E-state index contributed by atoms with van der Waals surface area (Å²) in [7, 11) is 0. The van der Waals surface area contributed by atoms with Gasteiger partial charge in [0.2, 0.25) is 0 Å². The lowest BCUT2D eigenvalue weighted by Gasteiger charge is -2.22. The van der Waals surface area contributed by atoms with Crippen LogP contribution in [0.5, 0.6) is 0 Å². The lowest BCUT2D eigenvalue weighted by molar-refractivity contribution is 0.0956. The second-order valence-corrected chi connectivity index (χ2v) is 4.75. The number of carbonyl (C=O) groups is 1. The van der Waals surface area contributed by atoms with E-state index in [0.717, 1.165) is 5.69 Å². The standard InChI is InChI=1S/C14H23N3O2/c1-4-16-14(19)11-5-6-12(15)13(7-11)17-10(3)9(2)8-18/h5-7,9-10,17-18H,4,8,15H2,1-3H3,(H,16,19). The second-order valence-electron chi connectivity index (χ2n) is 4.75. The van der Waals surface area contributed by atoms with Crippen molar-refractivity contribution in [2.24, 2.45) is 5.92 Å². The molecular formula is C14H23N3O2. The van der Waals surface area contributed by atoms with E-state index < -0.39 is 0 Å². The molecule has 0 aliphatic heterocycles. The number of amides is 1. The minimum atomic E-state index is -0.117. The van der Waals surface area contributed by atoms with E-state index >= 15 is 0 Å². The van der Waals surface area contributed by atoms with Gasteiger partial charge in [-0.25, -0.2) is 0 Å². The van der Waals surface area contributed by atoms with Gasteiger partial charge in [0.15, 0.2) is 0 Å². The van der Waals surface area contributed by atoms with Crippen molar-refractivity contribution < 1.29 is 9.90 Å². The first kappa shape index (κ1) is 15.3. The summed E-state index contributed by atoms with van der Waals surface area (Å²) in [4.78, 5) is 11.8. The molecule has 0 spiro atoms. The lowest BCUT2D eigenvalue weighted by Crippen LogP contribution is -2.27. The van der Waals surface area contributed by atoms with E-state index in [4.69, 9.17) is 10.8 Å². The molecule has 1 rings (SSSR count). The van der Waals surface area contributed by atoms with Crippen LogP contribution in [0.1, 0.15) is 31.1 Å². The maximum Gasteiger partial charge on any atom is 0.251 e. The van der Waals surface area contributed by atoms with Crippen LogP contribution in [-0.4, -0.2) is 30.2 Å². The minimum absolute atomic E-state index is 0.0665. The van der Waals surface area contributed by atoms with E-state index in [2.05, 4.69) is 10.6 Å². The normalized spacial score (nSPS) is 13.7. The average Bonchev–Trinajstić information content (AvgIpc) is 2.40. The third-order valence-electron chi connectivity index (χ3n) is 3.18. The first-order chi connectivity index (χ1) is 8.99. The zero-order valence-electron chi connectivity index (χ0n) is 11.7. The topological polar surface area (TPSA) is 87.4 Å². The summed E-state index contributed by atoms with van der Waals surface area (Å²) in [6.45, 7) is 6.48. The molecule has 1 aromatic carbocycles. The fourth-order valence-electron chi connectivity index (χ4n) is 1.63. The number of nitrogens with two attached hydrogens (primary N) is 1. The zero-order valence-corrected chi connectivity index (χ0v) is 11.7. The van der Waals surface area contributed by atoms with E-state index in [1.54, 1.807) is 18.2 Å². The summed E-state index contributed by atoms with van der Waals surface area (Å²) in [5.41, 5.74) is 7.78. The van der Waals surface area contributed by atoms with Gasteiger partial charge >= 0.3 is 0 Å². The molecule has 1 amide bonds. The Morgan fingerprint density at radius 3 is 2.68 bits per heavy atom. The maximum absolute atomic E-state index is 11.8. The lowest BCUT2D eigenvalue weighted by atomic mass is 10.0. The Hall–Kier alpha value is -1.75. The number of nitrogens with one attached hydrogen (secondary N) is 2. The predicted octanol–water partition coefficient (Wildman–Crippen LogP) is 1.45. The van der Waals surface area contributed by atoms with Gasteiger partial charge in [0, 0.05) is 24.8 Å². The van der Waals surface area contributed by atoms with Gasteiger partial charge in [-0.1, -0.05) is 6.92 Å². The Labute approximate surface area is 114 Å². The highest BCUT2D eigenvalue weighted by molar-refractivity contribution is 5.96. The number of aliphatic hydroxyl groups excluding tert-OH is 1. The fraction of sp³-hybridized carbons (Fsp3) is 0.500.